The number of nitrogens with one attached hydrogen (secondary N) is 1. The fourth-order valence-electron chi connectivity index (χ4n) is 5.68. The molecule has 0 aromatic heterocycles. The van der Waals surface area contributed by atoms with Crippen LogP contribution >= 0.6 is 0 Å². The number of para-hydroxylation sites is 2. The lowest BCUT2D eigenvalue weighted by Crippen LogP contribution is -2.36. The van der Waals surface area contributed by atoms with Gasteiger partial charge in [0.05, 0.1) is 6.61 Å². The average Bonchev–Trinajstić information content (AvgIpc) is 3.61. The number of hydrogen-bond donors (Lipinski definition) is 2. The number of carboxylic acid groups (broad SMARTS) is 1. The Morgan fingerprint density at radius 1 is 0.818 bits per heavy atom. The standard InChI is InChI=1S/C37H38N2O5/c40-35(28-12-3-1-4-13-28)32-18-9-10-19-33(32)38-34(37(42)43)26-27-20-22-31(23-21-27)44-25-11-24-39(30-16-5-2-6-17-30)36(41)29-14-7-8-15-29/h1-6,9-10,12-13,16-23,29,34,38H,7-8,11,14-15,24-26H2,(H,42,43)/t34-/m0/s1. The quantitative estimate of drug-likeness (QED) is 0.121. The Morgan fingerprint density at radius 2 is 1.45 bits per heavy atom. The largest absolute Gasteiger partial charge is 0.494 e. The van der Waals surface area contributed by atoms with Crippen LogP contribution in [-0.4, -0.2) is 42.0 Å². The van der Waals surface area contributed by atoms with Crippen LogP contribution in [-0.2, 0) is 16.0 Å². The van der Waals surface area contributed by atoms with E-state index in [1.807, 2.05) is 65.6 Å². The number of carbonyl (C=O) groups excluding carboxylic acids is 2. The highest BCUT2D eigenvalue weighted by Gasteiger charge is 2.28. The molecule has 0 spiro atoms. The number of nitrogens with zero attached hydrogens (tertiary/aromatic N) is 1. The molecule has 226 valence electrons. The van der Waals surface area contributed by atoms with E-state index in [0.717, 1.165) is 36.9 Å². The molecule has 7 heteroatoms. The van der Waals surface area contributed by atoms with Crippen molar-refractivity contribution < 1.29 is 24.2 Å². The van der Waals surface area contributed by atoms with Gasteiger partial charge < -0.3 is 20.1 Å². The molecule has 1 atom stereocenters. The van der Waals surface area contributed by atoms with Crippen LogP contribution in [0, 0.1) is 5.92 Å². The number of carbonyl (C=O) groups is 3. The Morgan fingerprint density at radius 3 is 2.14 bits per heavy atom. The van der Waals surface area contributed by atoms with E-state index in [1.54, 1.807) is 48.5 Å². The van der Waals surface area contributed by atoms with Crippen molar-refractivity contribution in [3.05, 3.63) is 126 Å². The van der Waals surface area contributed by atoms with E-state index in [0.29, 0.717) is 42.1 Å². The molecule has 1 aliphatic carbocycles. The summed E-state index contributed by atoms with van der Waals surface area (Å²) in [5, 5.41) is 13.0. The molecule has 0 unspecified atom stereocenters. The molecule has 2 N–H and O–H groups in total. The maximum atomic E-state index is 13.2. The number of hydrogen-bond acceptors (Lipinski definition) is 5. The molecular weight excluding hydrogens is 552 g/mol. The summed E-state index contributed by atoms with van der Waals surface area (Å²) in [4.78, 5) is 40.4. The van der Waals surface area contributed by atoms with Crippen molar-refractivity contribution in [1.29, 1.82) is 0 Å². The van der Waals surface area contributed by atoms with E-state index in [4.69, 9.17) is 4.74 Å². The maximum Gasteiger partial charge on any atom is 0.326 e. The van der Waals surface area contributed by atoms with Crippen molar-refractivity contribution in [2.24, 2.45) is 5.92 Å². The second-order valence-corrected chi connectivity index (χ2v) is 11.1. The van der Waals surface area contributed by atoms with Gasteiger partial charge in [0.1, 0.15) is 11.8 Å². The summed E-state index contributed by atoms with van der Waals surface area (Å²) in [6.45, 7) is 1.03. The molecule has 1 amide bonds. The Balaban J connectivity index is 1.16. The summed E-state index contributed by atoms with van der Waals surface area (Å²) in [5.74, 6) is -0.199. The first kappa shape index (κ1) is 30.5. The fourth-order valence-corrected chi connectivity index (χ4v) is 5.68. The lowest BCUT2D eigenvalue weighted by atomic mass is 10.00. The van der Waals surface area contributed by atoms with Crippen molar-refractivity contribution in [2.45, 2.75) is 44.6 Å². The predicted molar refractivity (Wildman–Crippen MR) is 172 cm³/mol. The monoisotopic (exact) mass is 590 g/mol. The summed E-state index contributed by atoms with van der Waals surface area (Å²) in [6.07, 6.45) is 5.05. The minimum Gasteiger partial charge on any atom is -0.494 e. The van der Waals surface area contributed by atoms with E-state index in [-0.39, 0.29) is 24.0 Å². The maximum absolute atomic E-state index is 13.2. The normalized spacial score (nSPS) is 13.6. The second-order valence-electron chi connectivity index (χ2n) is 11.1. The van der Waals surface area contributed by atoms with Gasteiger partial charge in [0.25, 0.3) is 0 Å². The summed E-state index contributed by atoms with van der Waals surface area (Å²) in [5.41, 5.74) is 3.18. The van der Waals surface area contributed by atoms with Crippen LogP contribution in [0.2, 0.25) is 0 Å². The number of ketones is 1. The van der Waals surface area contributed by atoms with E-state index in [9.17, 15) is 19.5 Å². The molecule has 1 fully saturated rings. The molecule has 1 saturated carbocycles. The van der Waals surface area contributed by atoms with Gasteiger partial charge in [0.15, 0.2) is 5.78 Å². The lowest BCUT2D eigenvalue weighted by molar-refractivity contribution is -0.137. The molecule has 0 bridgehead atoms. The third kappa shape index (κ3) is 7.92. The highest BCUT2D eigenvalue weighted by molar-refractivity contribution is 6.12. The van der Waals surface area contributed by atoms with Crippen molar-refractivity contribution in [2.75, 3.05) is 23.4 Å². The Hall–Kier alpha value is -4.91. The van der Waals surface area contributed by atoms with Crippen molar-refractivity contribution >= 4 is 29.0 Å². The third-order valence-electron chi connectivity index (χ3n) is 8.03. The average molecular weight is 591 g/mol. The number of carboxylic acids is 1. The second kappa shape index (κ2) is 15.0. The van der Waals surface area contributed by atoms with Crippen LogP contribution in [0.15, 0.2) is 109 Å². The molecule has 4 aromatic carbocycles. The van der Waals surface area contributed by atoms with Crippen LogP contribution in [0.4, 0.5) is 11.4 Å². The van der Waals surface area contributed by atoms with Crippen LogP contribution in [0.5, 0.6) is 5.75 Å². The van der Waals surface area contributed by atoms with E-state index in [2.05, 4.69) is 5.32 Å². The zero-order valence-electron chi connectivity index (χ0n) is 24.7. The summed E-state index contributed by atoms with van der Waals surface area (Å²) in [6, 6.07) is 32.2. The molecule has 1 aliphatic rings. The van der Waals surface area contributed by atoms with E-state index >= 15 is 0 Å². The summed E-state index contributed by atoms with van der Waals surface area (Å²) in [7, 11) is 0. The SMILES string of the molecule is O=C(c1ccccc1)c1ccccc1N[C@@H](Cc1ccc(OCCCN(C(=O)C2CCCC2)c2ccccc2)cc1)C(=O)O. The molecule has 0 heterocycles. The van der Waals surface area contributed by atoms with Crippen molar-refractivity contribution in [3.8, 4) is 5.75 Å². The van der Waals surface area contributed by atoms with Gasteiger partial charge in [-0.1, -0.05) is 85.6 Å². The number of amides is 1. The number of benzene rings is 4. The highest BCUT2D eigenvalue weighted by atomic mass is 16.5. The Kier molecular flexibility index (Phi) is 10.4. The highest BCUT2D eigenvalue weighted by Crippen LogP contribution is 2.29. The van der Waals surface area contributed by atoms with Crippen LogP contribution < -0.4 is 15.0 Å². The lowest BCUT2D eigenvalue weighted by Gasteiger charge is -2.26. The van der Waals surface area contributed by atoms with Gasteiger partial charge in [-0.05, 0) is 61.2 Å². The van der Waals surface area contributed by atoms with Gasteiger partial charge in [-0.25, -0.2) is 4.79 Å². The van der Waals surface area contributed by atoms with Gasteiger partial charge in [-0.2, -0.15) is 0 Å². The number of rotatable bonds is 14. The van der Waals surface area contributed by atoms with Crippen LogP contribution in [0.1, 0.15) is 53.6 Å². The predicted octanol–water partition coefficient (Wildman–Crippen LogP) is 7.02. The first-order valence-electron chi connectivity index (χ1n) is 15.3. The zero-order valence-corrected chi connectivity index (χ0v) is 24.7. The molecule has 7 nitrogen and oxygen atoms in total. The number of ether oxygens (including phenoxy) is 1. The van der Waals surface area contributed by atoms with E-state index in [1.165, 1.54) is 0 Å². The number of aliphatic carboxylic acids is 1. The van der Waals surface area contributed by atoms with Crippen molar-refractivity contribution in [3.63, 3.8) is 0 Å². The molecule has 5 rings (SSSR count). The first-order chi connectivity index (χ1) is 21.5. The van der Waals surface area contributed by atoms with Crippen LogP contribution in [0.3, 0.4) is 0 Å². The summed E-state index contributed by atoms with van der Waals surface area (Å²) >= 11 is 0. The molecule has 4 aromatic rings. The topological polar surface area (TPSA) is 95.9 Å². The van der Waals surface area contributed by atoms with Gasteiger partial charge in [0.2, 0.25) is 5.91 Å². The first-order valence-corrected chi connectivity index (χ1v) is 15.3. The van der Waals surface area contributed by atoms with Gasteiger partial charge in [0, 0.05) is 41.4 Å². The minimum absolute atomic E-state index is 0.102. The van der Waals surface area contributed by atoms with E-state index < -0.39 is 12.0 Å². The van der Waals surface area contributed by atoms with Crippen LogP contribution in [0.25, 0.3) is 0 Å². The molecule has 0 radical (unpaired) electrons. The summed E-state index contributed by atoms with van der Waals surface area (Å²) < 4.78 is 5.98. The Bertz CT molecular complexity index is 1530. The van der Waals surface area contributed by atoms with Gasteiger partial charge in [-0.15, -0.1) is 0 Å². The van der Waals surface area contributed by atoms with Crippen molar-refractivity contribution in [1.82, 2.24) is 0 Å². The smallest absolute Gasteiger partial charge is 0.326 e. The molecular formula is C37H38N2O5. The minimum atomic E-state index is -1.01. The zero-order chi connectivity index (χ0) is 30.7. The molecule has 0 saturated heterocycles. The van der Waals surface area contributed by atoms with Gasteiger partial charge in [-0.3, -0.25) is 9.59 Å². The fraction of sp³-hybridized carbons (Fsp3) is 0.270. The third-order valence-corrected chi connectivity index (χ3v) is 8.03. The number of anilines is 2. The van der Waals surface area contributed by atoms with Gasteiger partial charge >= 0.3 is 5.97 Å². The molecule has 44 heavy (non-hydrogen) atoms. The molecule has 0 aliphatic heterocycles. The Labute approximate surface area is 258 Å².